The molecule has 0 unspecified atom stereocenters. The van der Waals surface area contributed by atoms with Gasteiger partial charge in [-0.2, -0.15) is 0 Å². The molecule has 0 saturated heterocycles. The normalized spacial score (nSPS) is 16.2. The fourth-order valence-corrected chi connectivity index (χ4v) is 1.72. The molecule has 1 aliphatic heterocycles. The van der Waals surface area contributed by atoms with E-state index in [1.807, 2.05) is 24.3 Å². The summed E-state index contributed by atoms with van der Waals surface area (Å²) >= 11 is 0. The zero-order valence-corrected chi connectivity index (χ0v) is 8.31. The number of nitrogens with one attached hydrogen (secondary N) is 1. The van der Waals surface area contributed by atoms with Gasteiger partial charge in [-0.05, 0) is 12.1 Å². The molecule has 0 spiro atoms. The van der Waals surface area contributed by atoms with Crippen molar-refractivity contribution >= 4 is 23.2 Å². The van der Waals surface area contributed by atoms with Crippen molar-refractivity contribution in [3.8, 4) is 0 Å². The molecule has 0 bridgehead atoms. The van der Waals surface area contributed by atoms with Crippen LogP contribution in [-0.4, -0.2) is 10.9 Å². The molecule has 1 N–H and O–H groups in total. The number of carbonyl (C=O) groups excluding carboxylic acids is 1. The van der Waals surface area contributed by atoms with Crippen LogP contribution in [0.3, 0.4) is 0 Å². The molecule has 0 atom stereocenters. The van der Waals surface area contributed by atoms with E-state index in [2.05, 4.69) is 10.3 Å². The van der Waals surface area contributed by atoms with Gasteiger partial charge in [0.25, 0.3) is 5.91 Å². The first-order chi connectivity index (χ1) is 7.84. The van der Waals surface area contributed by atoms with Crippen molar-refractivity contribution in [2.45, 2.75) is 0 Å². The van der Waals surface area contributed by atoms with Gasteiger partial charge >= 0.3 is 0 Å². The van der Waals surface area contributed by atoms with Crippen molar-refractivity contribution < 1.29 is 9.21 Å². The van der Waals surface area contributed by atoms with Gasteiger partial charge in [0.2, 0.25) is 0 Å². The maximum atomic E-state index is 11.7. The van der Waals surface area contributed by atoms with Crippen LogP contribution in [0.1, 0.15) is 11.3 Å². The number of carbonyl (C=O) groups is 1. The molecule has 4 nitrogen and oxygen atoms in total. The van der Waals surface area contributed by atoms with E-state index in [0.717, 1.165) is 11.3 Å². The highest BCUT2D eigenvalue weighted by Crippen LogP contribution is 2.32. The minimum absolute atomic E-state index is 0.113. The van der Waals surface area contributed by atoms with Gasteiger partial charge in [-0.15, -0.1) is 0 Å². The molecule has 2 aromatic rings. The molecule has 1 aliphatic rings. The lowest BCUT2D eigenvalue weighted by atomic mass is 10.1. The zero-order valence-electron chi connectivity index (χ0n) is 8.31. The molecule has 4 heteroatoms. The minimum Gasteiger partial charge on any atom is -0.444 e. The highest BCUT2D eigenvalue weighted by atomic mass is 16.3. The Labute approximate surface area is 91.6 Å². The second-order valence-corrected chi connectivity index (χ2v) is 3.46. The molecular weight excluding hydrogens is 204 g/mol. The van der Waals surface area contributed by atoms with Crippen LogP contribution in [0.5, 0.6) is 0 Å². The van der Waals surface area contributed by atoms with Gasteiger partial charge < -0.3 is 9.73 Å². The standard InChI is InChI=1S/C12H8N2O2/c15-12-10(5-8-6-13-7-16-8)9-3-1-2-4-11(9)14-12/h1-7H,(H,14,15)/b10-5-. The van der Waals surface area contributed by atoms with Crippen LogP contribution in [0.2, 0.25) is 0 Å². The van der Waals surface area contributed by atoms with Crippen molar-refractivity contribution in [3.05, 3.63) is 48.2 Å². The second kappa shape index (κ2) is 3.34. The second-order valence-electron chi connectivity index (χ2n) is 3.46. The maximum Gasteiger partial charge on any atom is 0.256 e. The molecule has 1 aromatic heterocycles. The quantitative estimate of drug-likeness (QED) is 0.737. The highest BCUT2D eigenvalue weighted by molar-refractivity contribution is 6.34. The maximum absolute atomic E-state index is 11.7. The Morgan fingerprint density at radius 2 is 2.19 bits per heavy atom. The molecule has 0 fully saturated rings. The molecule has 1 amide bonds. The number of para-hydroxylation sites is 1. The number of aromatic nitrogens is 1. The molecule has 0 aliphatic carbocycles. The average molecular weight is 212 g/mol. The van der Waals surface area contributed by atoms with Crippen molar-refractivity contribution in [2.75, 3.05) is 5.32 Å². The van der Waals surface area contributed by atoms with E-state index in [1.165, 1.54) is 6.39 Å². The largest absolute Gasteiger partial charge is 0.444 e. The Hall–Kier alpha value is -2.36. The minimum atomic E-state index is -0.113. The molecule has 0 radical (unpaired) electrons. The van der Waals surface area contributed by atoms with Gasteiger partial charge in [0.1, 0.15) is 5.76 Å². The van der Waals surface area contributed by atoms with E-state index >= 15 is 0 Å². The van der Waals surface area contributed by atoms with Crippen molar-refractivity contribution in [1.82, 2.24) is 4.98 Å². The Kier molecular flexibility index (Phi) is 1.86. The summed E-state index contributed by atoms with van der Waals surface area (Å²) in [7, 11) is 0. The topological polar surface area (TPSA) is 55.1 Å². The molecular formula is C12H8N2O2. The Balaban J connectivity index is 2.12. The number of rotatable bonds is 1. The Morgan fingerprint density at radius 3 is 3.00 bits per heavy atom. The van der Waals surface area contributed by atoms with Crippen molar-refractivity contribution in [2.24, 2.45) is 0 Å². The summed E-state index contributed by atoms with van der Waals surface area (Å²) < 4.78 is 5.09. The molecule has 78 valence electrons. The van der Waals surface area contributed by atoms with Gasteiger partial charge in [-0.25, -0.2) is 4.98 Å². The predicted octanol–water partition coefficient (Wildman–Crippen LogP) is 2.17. The SMILES string of the molecule is O=C1Nc2ccccc2/C1=C/c1cnco1. The van der Waals surface area contributed by atoms with Crippen molar-refractivity contribution in [3.63, 3.8) is 0 Å². The molecule has 3 rings (SSSR count). The summed E-state index contributed by atoms with van der Waals surface area (Å²) in [6.07, 6.45) is 4.60. The van der Waals surface area contributed by atoms with E-state index in [4.69, 9.17) is 4.42 Å². The third-order valence-electron chi connectivity index (χ3n) is 2.45. The van der Waals surface area contributed by atoms with Crippen LogP contribution in [0.4, 0.5) is 5.69 Å². The summed E-state index contributed by atoms with van der Waals surface area (Å²) in [4.78, 5) is 15.5. The fourth-order valence-electron chi connectivity index (χ4n) is 1.72. The lowest BCUT2D eigenvalue weighted by molar-refractivity contribution is -0.110. The van der Waals surface area contributed by atoms with Crippen LogP contribution in [0, 0.1) is 0 Å². The number of benzene rings is 1. The summed E-state index contributed by atoms with van der Waals surface area (Å²) in [5.41, 5.74) is 2.33. The number of amides is 1. The van der Waals surface area contributed by atoms with Gasteiger partial charge in [0.15, 0.2) is 6.39 Å². The predicted molar refractivity (Wildman–Crippen MR) is 59.4 cm³/mol. The molecule has 0 saturated carbocycles. The fraction of sp³-hybridized carbons (Fsp3) is 0. The van der Waals surface area contributed by atoms with Crippen LogP contribution < -0.4 is 5.32 Å². The van der Waals surface area contributed by atoms with E-state index in [0.29, 0.717) is 11.3 Å². The number of hydrogen-bond donors (Lipinski definition) is 1. The van der Waals surface area contributed by atoms with Crippen LogP contribution in [0.25, 0.3) is 11.6 Å². The van der Waals surface area contributed by atoms with Gasteiger partial charge in [-0.1, -0.05) is 18.2 Å². The van der Waals surface area contributed by atoms with Crippen LogP contribution in [-0.2, 0) is 4.79 Å². The lowest BCUT2D eigenvalue weighted by Gasteiger charge is -1.95. The third-order valence-corrected chi connectivity index (χ3v) is 2.45. The first kappa shape index (κ1) is 8.91. The number of hydrogen-bond acceptors (Lipinski definition) is 3. The number of nitrogens with zero attached hydrogens (tertiary/aromatic N) is 1. The lowest BCUT2D eigenvalue weighted by Crippen LogP contribution is -2.03. The summed E-state index contributed by atoms with van der Waals surface area (Å²) in [5.74, 6) is 0.458. The highest BCUT2D eigenvalue weighted by Gasteiger charge is 2.23. The Bertz CT molecular complexity index is 570. The molecule has 1 aromatic carbocycles. The van der Waals surface area contributed by atoms with Gasteiger partial charge in [-0.3, -0.25) is 4.79 Å². The van der Waals surface area contributed by atoms with Crippen LogP contribution >= 0.6 is 0 Å². The number of anilines is 1. The van der Waals surface area contributed by atoms with Gasteiger partial charge in [0.05, 0.1) is 11.8 Å². The van der Waals surface area contributed by atoms with E-state index in [1.54, 1.807) is 12.3 Å². The Morgan fingerprint density at radius 1 is 1.31 bits per heavy atom. The average Bonchev–Trinajstić information content (AvgIpc) is 2.89. The monoisotopic (exact) mass is 212 g/mol. The van der Waals surface area contributed by atoms with E-state index in [-0.39, 0.29) is 5.91 Å². The zero-order chi connectivity index (χ0) is 11.0. The van der Waals surface area contributed by atoms with E-state index < -0.39 is 0 Å². The van der Waals surface area contributed by atoms with Gasteiger partial charge in [0, 0.05) is 11.3 Å². The van der Waals surface area contributed by atoms with Crippen LogP contribution in [0.15, 0.2) is 41.3 Å². The number of oxazole rings is 1. The number of fused-ring (bicyclic) bond motifs is 1. The van der Waals surface area contributed by atoms with E-state index in [9.17, 15) is 4.79 Å². The summed E-state index contributed by atoms with van der Waals surface area (Å²) in [5, 5.41) is 2.79. The summed E-state index contributed by atoms with van der Waals surface area (Å²) in [6.45, 7) is 0. The van der Waals surface area contributed by atoms with Crippen molar-refractivity contribution in [1.29, 1.82) is 0 Å². The first-order valence-corrected chi connectivity index (χ1v) is 4.85. The molecule has 2 heterocycles. The summed E-state index contributed by atoms with van der Waals surface area (Å²) in [6, 6.07) is 7.55. The third kappa shape index (κ3) is 1.32. The molecule has 16 heavy (non-hydrogen) atoms. The smallest absolute Gasteiger partial charge is 0.256 e. The first-order valence-electron chi connectivity index (χ1n) is 4.85.